The molecule has 0 unspecified atom stereocenters. The zero-order chi connectivity index (χ0) is 14.8. The molecule has 0 spiro atoms. The molecular formula is C13H19N7O. The molecule has 0 aliphatic carbocycles. The molecule has 3 heterocycles. The van der Waals surface area contributed by atoms with Crippen molar-refractivity contribution in [3.05, 3.63) is 6.33 Å². The summed E-state index contributed by atoms with van der Waals surface area (Å²) in [5, 5.41) is 3.12. The van der Waals surface area contributed by atoms with Gasteiger partial charge in [0.2, 0.25) is 11.9 Å². The molecule has 8 nitrogen and oxygen atoms in total. The Hall–Kier alpha value is -2.38. The molecule has 1 amide bonds. The van der Waals surface area contributed by atoms with Crippen LogP contribution in [-0.2, 0) is 4.79 Å². The maximum Gasteiger partial charge on any atom is 0.226 e. The smallest absolute Gasteiger partial charge is 0.226 e. The Morgan fingerprint density at radius 1 is 1.48 bits per heavy atom. The van der Waals surface area contributed by atoms with Gasteiger partial charge in [-0.3, -0.25) is 4.79 Å². The zero-order valence-electron chi connectivity index (χ0n) is 12.0. The summed E-state index contributed by atoms with van der Waals surface area (Å²) in [5.74, 6) is 1.16. The van der Waals surface area contributed by atoms with E-state index in [4.69, 9.17) is 5.73 Å². The second kappa shape index (κ2) is 5.55. The first-order valence-corrected chi connectivity index (χ1v) is 7.18. The fourth-order valence-electron chi connectivity index (χ4n) is 2.66. The number of primary amides is 1. The summed E-state index contributed by atoms with van der Waals surface area (Å²) >= 11 is 0. The maximum absolute atomic E-state index is 11.3. The lowest BCUT2D eigenvalue weighted by atomic mass is 9.96. The predicted octanol–water partition coefficient (Wildman–Crippen LogP) is 0.486. The lowest BCUT2D eigenvalue weighted by Crippen LogP contribution is -2.39. The summed E-state index contributed by atoms with van der Waals surface area (Å²) in [6.45, 7) is 4.25. The number of hydrogen-bond acceptors (Lipinski definition) is 6. The number of amides is 1. The van der Waals surface area contributed by atoms with Crippen LogP contribution in [0.15, 0.2) is 6.33 Å². The third-order valence-corrected chi connectivity index (χ3v) is 3.80. The van der Waals surface area contributed by atoms with Crippen molar-refractivity contribution in [3.8, 4) is 0 Å². The first-order chi connectivity index (χ1) is 10.2. The van der Waals surface area contributed by atoms with Gasteiger partial charge in [-0.05, 0) is 19.8 Å². The van der Waals surface area contributed by atoms with Gasteiger partial charge in [0, 0.05) is 25.6 Å². The molecule has 112 valence electrons. The van der Waals surface area contributed by atoms with Crippen molar-refractivity contribution in [2.45, 2.75) is 19.8 Å². The number of carbonyl (C=O) groups is 1. The molecule has 0 atom stereocenters. The van der Waals surface area contributed by atoms with E-state index in [9.17, 15) is 4.79 Å². The van der Waals surface area contributed by atoms with Crippen LogP contribution in [0.5, 0.6) is 0 Å². The summed E-state index contributed by atoms with van der Waals surface area (Å²) < 4.78 is 0. The lowest BCUT2D eigenvalue weighted by molar-refractivity contribution is -0.122. The third-order valence-electron chi connectivity index (χ3n) is 3.80. The molecule has 8 heteroatoms. The monoisotopic (exact) mass is 289 g/mol. The highest BCUT2D eigenvalue weighted by atomic mass is 16.1. The van der Waals surface area contributed by atoms with E-state index in [1.165, 1.54) is 0 Å². The summed E-state index contributed by atoms with van der Waals surface area (Å²) in [6, 6.07) is 0. The molecule has 1 aliphatic heterocycles. The molecule has 4 N–H and O–H groups in total. The second-order valence-electron chi connectivity index (χ2n) is 5.17. The van der Waals surface area contributed by atoms with Crippen molar-refractivity contribution in [3.63, 3.8) is 0 Å². The SMILES string of the molecule is CCNc1nc(N2CCC(C(N)=O)CC2)c2[nH]cnc2n1. The first kappa shape index (κ1) is 13.6. The third kappa shape index (κ3) is 2.61. The van der Waals surface area contributed by atoms with E-state index >= 15 is 0 Å². The van der Waals surface area contributed by atoms with Crippen molar-refractivity contribution in [1.82, 2.24) is 19.9 Å². The maximum atomic E-state index is 11.3. The fourth-order valence-corrected chi connectivity index (χ4v) is 2.66. The van der Waals surface area contributed by atoms with Crippen LogP contribution >= 0.6 is 0 Å². The van der Waals surface area contributed by atoms with E-state index in [0.717, 1.165) is 43.8 Å². The van der Waals surface area contributed by atoms with E-state index in [0.29, 0.717) is 11.6 Å². The van der Waals surface area contributed by atoms with Gasteiger partial charge < -0.3 is 20.9 Å². The number of anilines is 2. The Bertz CT molecular complexity index is 645. The van der Waals surface area contributed by atoms with E-state index < -0.39 is 0 Å². The van der Waals surface area contributed by atoms with Crippen molar-refractivity contribution < 1.29 is 4.79 Å². The number of piperidine rings is 1. The normalized spacial score (nSPS) is 16.3. The predicted molar refractivity (Wildman–Crippen MR) is 80.0 cm³/mol. The number of aromatic amines is 1. The molecule has 2 aromatic heterocycles. The summed E-state index contributed by atoms with van der Waals surface area (Å²) in [6.07, 6.45) is 3.13. The van der Waals surface area contributed by atoms with Crippen molar-refractivity contribution in [2.24, 2.45) is 11.7 Å². The number of H-pyrrole nitrogens is 1. The highest BCUT2D eigenvalue weighted by Gasteiger charge is 2.25. The van der Waals surface area contributed by atoms with E-state index in [2.05, 4.69) is 30.2 Å². The number of fused-ring (bicyclic) bond motifs is 1. The lowest BCUT2D eigenvalue weighted by Gasteiger charge is -2.31. The minimum absolute atomic E-state index is 0.0337. The van der Waals surface area contributed by atoms with E-state index in [1.54, 1.807) is 6.33 Å². The van der Waals surface area contributed by atoms with Gasteiger partial charge in [0.05, 0.1) is 6.33 Å². The summed E-state index contributed by atoms with van der Waals surface area (Å²) in [7, 11) is 0. The number of nitrogens with two attached hydrogens (primary N) is 1. The van der Waals surface area contributed by atoms with Crippen LogP contribution in [0.2, 0.25) is 0 Å². The Morgan fingerprint density at radius 2 is 2.24 bits per heavy atom. The number of rotatable bonds is 4. The van der Waals surface area contributed by atoms with Crippen LogP contribution in [0.3, 0.4) is 0 Å². The number of imidazole rings is 1. The Morgan fingerprint density at radius 3 is 2.90 bits per heavy atom. The van der Waals surface area contributed by atoms with Gasteiger partial charge >= 0.3 is 0 Å². The van der Waals surface area contributed by atoms with Crippen LogP contribution in [0, 0.1) is 5.92 Å². The molecule has 2 aromatic rings. The molecule has 0 bridgehead atoms. The highest BCUT2D eigenvalue weighted by Crippen LogP contribution is 2.27. The molecule has 0 radical (unpaired) electrons. The zero-order valence-corrected chi connectivity index (χ0v) is 12.0. The van der Waals surface area contributed by atoms with Crippen molar-refractivity contribution in [2.75, 3.05) is 29.9 Å². The summed E-state index contributed by atoms with van der Waals surface area (Å²) in [4.78, 5) is 29.7. The minimum atomic E-state index is -0.211. The topological polar surface area (TPSA) is 113 Å². The molecule has 1 fully saturated rings. The molecule has 21 heavy (non-hydrogen) atoms. The van der Waals surface area contributed by atoms with Gasteiger partial charge in [0.25, 0.3) is 0 Å². The van der Waals surface area contributed by atoms with Crippen molar-refractivity contribution >= 4 is 28.8 Å². The van der Waals surface area contributed by atoms with Crippen LogP contribution in [0.25, 0.3) is 11.2 Å². The standard InChI is InChI=1S/C13H19N7O/c1-2-15-13-18-11-9(16-7-17-11)12(19-13)20-5-3-8(4-6-20)10(14)21/h7-8H,2-6H2,1H3,(H2,14,21)(H2,15,16,17,18,19). The van der Waals surface area contributed by atoms with Crippen LogP contribution in [0.1, 0.15) is 19.8 Å². The average Bonchev–Trinajstić information content (AvgIpc) is 2.95. The number of carbonyl (C=O) groups excluding carboxylic acids is 1. The van der Waals surface area contributed by atoms with Gasteiger partial charge in [-0.2, -0.15) is 9.97 Å². The fraction of sp³-hybridized carbons (Fsp3) is 0.538. The summed E-state index contributed by atoms with van der Waals surface area (Å²) in [5.41, 5.74) is 6.85. The Kier molecular flexibility index (Phi) is 3.59. The minimum Gasteiger partial charge on any atom is -0.369 e. The van der Waals surface area contributed by atoms with Crippen LogP contribution in [-0.4, -0.2) is 45.5 Å². The average molecular weight is 289 g/mol. The Balaban J connectivity index is 1.89. The first-order valence-electron chi connectivity index (χ1n) is 7.18. The second-order valence-corrected chi connectivity index (χ2v) is 5.17. The molecule has 0 saturated carbocycles. The Labute approximate surface area is 122 Å². The molecule has 3 rings (SSSR count). The highest BCUT2D eigenvalue weighted by molar-refractivity contribution is 5.84. The van der Waals surface area contributed by atoms with E-state index in [1.807, 2.05) is 6.92 Å². The van der Waals surface area contributed by atoms with Crippen LogP contribution in [0.4, 0.5) is 11.8 Å². The van der Waals surface area contributed by atoms with Gasteiger partial charge in [-0.1, -0.05) is 0 Å². The largest absolute Gasteiger partial charge is 0.369 e. The molecule has 0 aromatic carbocycles. The number of aromatic nitrogens is 4. The number of nitrogens with one attached hydrogen (secondary N) is 2. The van der Waals surface area contributed by atoms with Gasteiger partial charge in [-0.25, -0.2) is 4.98 Å². The van der Waals surface area contributed by atoms with Crippen molar-refractivity contribution in [1.29, 1.82) is 0 Å². The van der Waals surface area contributed by atoms with E-state index in [-0.39, 0.29) is 11.8 Å². The molecular weight excluding hydrogens is 270 g/mol. The van der Waals surface area contributed by atoms with Crippen LogP contribution < -0.4 is 16.0 Å². The molecule has 1 saturated heterocycles. The molecule has 1 aliphatic rings. The van der Waals surface area contributed by atoms with Gasteiger partial charge in [-0.15, -0.1) is 0 Å². The van der Waals surface area contributed by atoms with Gasteiger partial charge in [0.1, 0.15) is 5.52 Å². The number of nitrogens with zero attached hydrogens (tertiary/aromatic N) is 4. The number of hydrogen-bond donors (Lipinski definition) is 3. The van der Waals surface area contributed by atoms with Gasteiger partial charge in [0.15, 0.2) is 11.5 Å². The quantitative estimate of drug-likeness (QED) is 0.755.